The Labute approximate surface area is 129 Å². The van der Waals surface area contributed by atoms with Gasteiger partial charge >= 0.3 is 0 Å². The van der Waals surface area contributed by atoms with Gasteiger partial charge in [-0.05, 0) is 30.5 Å². The molecule has 1 aromatic carbocycles. The normalized spacial score (nSPS) is 14.4. The highest BCUT2D eigenvalue weighted by atomic mass is 32.2. The number of nitrogens with one attached hydrogen (secondary N) is 1. The summed E-state index contributed by atoms with van der Waals surface area (Å²) in [6.07, 6.45) is 0. The van der Waals surface area contributed by atoms with Crippen LogP contribution >= 0.6 is 0 Å². The van der Waals surface area contributed by atoms with Crippen LogP contribution in [0.3, 0.4) is 0 Å². The number of rotatable bonds is 6. The molecule has 0 fully saturated rings. The van der Waals surface area contributed by atoms with Gasteiger partial charge in [0.15, 0.2) is 0 Å². The molecule has 21 heavy (non-hydrogen) atoms. The highest BCUT2D eigenvalue weighted by Crippen LogP contribution is 2.26. The number of nitrogens with zero attached hydrogens (tertiary/aromatic N) is 1. The third kappa shape index (κ3) is 5.09. The summed E-state index contributed by atoms with van der Waals surface area (Å²) in [4.78, 5) is 0. The molecule has 0 saturated heterocycles. The molecule has 1 rings (SSSR count). The summed E-state index contributed by atoms with van der Waals surface area (Å²) in [5.41, 5.74) is 1.84. The SMILES string of the molecule is CNCc1cccc(CS(=O)(=O)N(C)C(C)C(C)(C)C)c1. The van der Waals surface area contributed by atoms with E-state index in [1.165, 1.54) is 4.31 Å². The maximum atomic E-state index is 12.6. The van der Waals surface area contributed by atoms with Crippen LogP contribution in [0, 0.1) is 5.41 Å². The summed E-state index contributed by atoms with van der Waals surface area (Å²) in [6, 6.07) is 7.66. The van der Waals surface area contributed by atoms with Crippen LogP contribution in [-0.4, -0.2) is 32.9 Å². The molecule has 0 saturated carbocycles. The van der Waals surface area contributed by atoms with Gasteiger partial charge in [-0.2, -0.15) is 0 Å². The molecule has 5 heteroatoms. The van der Waals surface area contributed by atoms with Gasteiger partial charge in [0, 0.05) is 19.6 Å². The Kier molecular flexibility index (Phi) is 5.96. The number of hydrogen-bond acceptors (Lipinski definition) is 3. The molecule has 0 aromatic heterocycles. The van der Waals surface area contributed by atoms with Crippen LogP contribution in [0.1, 0.15) is 38.8 Å². The minimum Gasteiger partial charge on any atom is -0.316 e. The molecule has 1 aromatic rings. The molecule has 0 aliphatic rings. The second-order valence-electron chi connectivity index (χ2n) is 6.66. The lowest BCUT2D eigenvalue weighted by Gasteiger charge is -2.34. The van der Waals surface area contributed by atoms with E-state index in [4.69, 9.17) is 0 Å². The van der Waals surface area contributed by atoms with Gasteiger partial charge in [0.25, 0.3) is 0 Å². The topological polar surface area (TPSA) is 49.4 Å². The molecular weight excluding hydrogens is 284 g/mol. The van der Waals surface area contributed by atoms with Crippen LogP contribution in [-0.2, 0) is 22.3 Å². The lowest BCUT2D eigenvalue weighted by molar-refractivity contribution is 0.216. The average Bonchev–Trinajstić information content (AvgIpc) is 2.36. The van der Waals surface area contributed by atoms with Crippen molar-refractivity contribution < 1.29 is 8.42 Å². The molecule has 0 heterocycles. The van der Waals surface area contributed by atoms with E-state index in [0.717, 1.165) is 17.7 Å². The Balaban J connectivity index is 2.92. The van der Waals surface area contributed by atoms with Crippen LogP contribution < -0.4 is 5.32 Å². The van der Waals surface area contributed by atoms with Crippen LogP contribution in [0.2, 0.25) is 0 Å². The van der Waals surface area contributed by atoms with Gasteiger partial charge in [-0.3, -0.25) is 0 Å². The first kappa shape index (κ1) is 18.1. The largest absolute Gasteiger partial charge is 0.316 e. The Bertz CT molecular complexity index is 562. The van der Waals surface area contributed by atoms with Gasteiger partial charge in [0.05, 0.1) is 5.75 Å². The van der Waals surface area contributed by atoms with E-state index >= 15 is 0 Å². The first-order chi connectivity index (χ1) is 9.58. The summed E-state index contributed by atoms with van der Waals surface area (Å²) in [5, 5.41) is 3.08. The molecule has 1 atom stereocenters. The number of benzene rings is 1. The molecule has 0 aliphatic heterocycles. The molecule has 0 bridgehead atoms. The van der Waals surface area contributed by atoms with E-state index < -0.39 is 10.0 Å². The van der Waals surface area contributed by atoms with Crippen molar-refractivity contribution in [1.82, 2.24) is 9.62 Å². The molecular formula is C16H28N2O2S. The van der Waals surface area contributed by atoms with E-state index in [9.17, 15) is 8.42 Å². The van der Waals surface area contributed by atoms with Gasteiger partial charge in [0.1, 0.15) is 0 Å². The predicted molar refractivity (Wildman–Crippen MR) is 88.5 cm³/mol. The second kappa shape index (κ2) is 6.90. The molecule has 120 valence electrons. The lowest BCUT2D eigenvalue weighted by Crippen LogP contribution is -2.43. The zero-order chi connectivity index (χ0) is 16.3. The zero-order valence-electron chi connectivity index (χ0n) is 14.0. The van der Waals surface area contributed by atoms with E-state index in [1.807, 2.05) is 38.2 Å². The van der Waals surface area contributed by atoms with E-state index in [0.29, 0.717) is 0 Å². The van der Waals surface area contributed by atoms with Crippen molar-refractivity contribution in [3.8, 4) is 0 Å². The fourth-order valence-electron chi connectivity index (χ4n) is 2.13. The molecule has 0 amide bonds. The molecule has 1 unspecified atom stereocenters. The average molecular weight is 312 g/mol. The maximum Gasteiger partial charge on any atom is 0.218 e. The predicted octanol–water partition coefficient (Wildman–Crippen LogP) is 2.60. The molecule has 0 spiro atoms. The molecule has 1 N–H and O–H groups in total. The highest BCUT2D eigenvalue weighted by molar-refractivity contribution is 7.88. The Morgan fingerprint density at radius 1 is 1.24 bits per heavy atom. The van der Waals surface area contributed by atoms with Crippen LogP contribution in [0.4, 0.5) is 0 Å². The number of hydrogen-bond donors (Lipinski definition) is 1. The second-order valence-corrected chi connectivity index (χ2v) is 8.69. The zero-order valence-corrected chi connectivity index (χ0v) is 14.8. The minimum absolute atomic E-state index is 0.0431. The number of sulfonamides is 1. The standard InChI is InChI=1S/C16H28N2O2S/c1-13(16(2,3)4)18(6)21(19,20)12-15-9-7-8-14(10-15)11-17-5/h7-10,13,17H,11-12H2,1-6H3. The summed E-state index contributed by atoms with van der Waals surface area (Å²) in [6.45, 7) is 8.85. The Morgan fingerprint density at radius 3 is 2.33 bits per heavy atom. The van der Waals surface area contributed by atoms with Gasteiger partial charge in [0.2, 0.25) is 10.0 Å². The quantitative estimate of drug-likeness (QED) is 0.878. The van der Waals surface area contributed by atoms with Gasteiger partial charge in [-0.25, -0.2) is 12.7 Å². The van der Waals surface area contributed by atoms with Crippen molar-refractivity contribution >= 4 is 10.0 Å². The fraction of sp³-hybridized carbons (Fsp3) is 0.625. The first-order valence-electron chi connectivity index (χ1n) is 7.26. The summed E-state index contributed by atoms with van der Waals surface area (Å²) < 4.78 is 26.6. The molecule has 0 aliphatic carbocycles. The lowest BCUT2D eigenvalue weighted by atomic mass is 9.88. The van der Waals surface area contributed by atoms with E-state index in [2.05, 4.69) is 26.1 Å². The summed E-state index contributed by atoms with van der Waals surface area (Å²) in [7, 11) is 0.232. The van der Waals surface area contributed by atoms with Crippen LogP contribution in [0.5, 0.6) is 0 Å². The van der Waals surface area contributed by atoms with Crippen molar-refractivity contribution in [2.45, 2.75) is 46.0 Å². The van der Waals surface area contributed by atoms with Gasteiger partial charge in [-0.15, -0.1) is 0 Å². The van der Waals surface area contributed by atoms with Crippen molar-refractivity contribution in [2.75, 3.05) is 14.1 Å². The smallest absolute Gasteiger partial charge is 0.218 e. The van der Waals surface area contributed by atoms with Crippen molar-refractivity contribution in [1.29, 1.82) is 0 Å². The Morgan fingerprint density at radius 2 is 1.81 bits per heavy atom. The third-order valence-electron chi connectivity index (χ3n) is 3.96. The maximum absolute atomic E-state index is 12.6. The minimum atomic E-state index is -3.31. The van der Waals surface area contributed by atoms with Crippen molar-refractivity contribution in [3.63, 3.8) is 0 Å². The summed E-state index contributed by atoms with van der Waals surface area (Å²) in [5.74, 6) is 0.0431. The van der Waals surface area contributed by atoms with E-state index in [-0.39, 0.29) is 17.2 Å². The summed E-state index contributed by atoms with van der Waals surface area (Å²) >= 11 is 0. The van der Waals surface area contributed by atoms with Crippen molar-refractivity contribution in [2.24, 2.45) is 5.41 Å². The highest BCUT2D eigenvalue weighted by Gasteiger charge is 2.31. The van der Waals surface area contributed by atoms with Gasteiger partial charge < -0.3 is 5.32 Å². The fourth-order valence-corrected chi connectivity index (χ4v) is 3.73. The van der Waals surface area contributed by atoms with Gasteiger partial charge in [-0.1, -0.05) is 45.0 Å². The first-order valence-corrected chi connectivity index (χ1v) is 8.87. The van der Waals surface area contributed by atoms with E-state index in [1.54, 1.807) is 7.05 Å². The Hall–Kier alpha value is -0.910. The van der Waals surface area contributed by atoms with Crippen LogP contribution in [0.25, 0.3) is 0 Å². The molecule has 0 radical (unpaired) electrons. The molecule has 4 nitrogen and oxygen atoms in total. The monoisotopic (exact) mass is 312 g/mol. The van der Waals surface area contributed by atoms with Crippen molar-refractivity contribution in [3.05, 3.63) is 35.4 Å². The third-order valence-corrected chi connectivity index (χ3v) is 5.85. The van der Waals surface area contributed by atoms with Crippen LogP contribution in [0.15, 0.2) is 24.3 Å².